The molecule has 1 heterocycles. The number of rotatable bonds is 2. The topological polar surface area (TPSA) is 18.5 Å². The van der Waals surface area contributed by atoms with Crippen LogP contribution in [0.15, 0.2) is 49.0 Å². The van der Waals surface area contributed by atoms with Gasteiger partial charge in [-0.1, -0.05) is 42.4 Å². The summed E-state index contributed by atoms with van der Waals surface area (Å²) in [5.74, 6) is 1.54. The maximum atomic E-state index is 5.78. The van der Waals surface area contributed by atoms with Crippen molar-refractivity contribution >= 4 is 18.9 Å². The van der Waals surface area contributed by atoms with E-state index in [4.69, 9.17) is 17.3 Å². The van der Waals surface area contributed by atoms with Crippen LogP contribution >= 0.6 is 0 Å². The first-order valence-electron chi connectivity index (χ1n) is 5.69. The lowest BCUT2D eigenvalue weighted by Gasteiger charge is -2.08. The highest BCUT2D eigenvalue weighted by atomic mass is 16.7. The zero-order valence-corrected chi connectivity index (χ0v) is 9.85. The van der Waals surface area contributed by atoms with Crippen molar-refractivity contribution in [3.8, 4) is 11.5 Å². The van der Waals surface area contributed by atoms with E-state index in [1.54, 1.807) is 0 Å². The lowest BCUT2D eigenvalue weighted by atomic mass is 9.91. The fraction of sp³-hybridized carbons (Fsp3) is 0.0667. The molecule has 0 fully saturated rings. The van der Waals surface area contributed by atoms with Gasteiger partial charge >= 0.3 is 0 Å². The Morgan fingerprint density at radius 3 is 2.61 bits per heavy atom. The van der Waals surface area contributed by atoms with Crippen molar-refractivity contribution in [3.05, 3.63) is 60.2 Å². The molecule has 0 saturated carbocycles. The molecule has 1 aliphatic heterocycles. The number of hydrogen-bond acceptors (Lipinski definition) is 2. The highest BCUT2D eigenvalue weighted by Crippen LogP contribution is 2.35. The first kappa shape index (κ1) is 11.0. The quantitative estimate of drug-likeness (QED) is 0.742. The fourth-order valence-corrected chi connectivity index (χ4v) is 1.98. The van der Waals surface area contributed by atoms with Gasteiger partial charge in [0.25, 0.3) is 0 Å². The van der Waals surface area contributed by atoms with Crippen LogP contribution in [0.25, 0.3) is 5.57 Å². The standard InChI is InChI=1S/C15H11BO2/c1-10(11-3-2-4-13(16)7-11)12-5-6-14-15(8-12)18-9-17-14/h2-8H,1,9H2. The van der Waals surface area contributed by atoms with Crippen molar-refractivity contribution in [1.82, 2.24) is 0 Å². The molecular weight excluding hydrogens is 223 g/mol. The van der Waals surface area contributed by atoms with Crippen LogP contribution in [0.2, 0.25) is 0 Å². The van der Waals surface area contributed by atoms with Gasteiger partial charge in [0.2, 0.25) is 6.79 Å². The molecule has 2 radical (unpaired) electrons. The highest BCUT2D eigenvalue weighted by molar-refractivity contribution is 6.32. The summed E-state index contributed by atoms with van der Waals surface area (Å²) in [4.78, 5) is 0. The van der Waals surface area contributed by atoms with Crippen molar-refractivity contribution in [2.45, 2.75) is 0 Å². The average Bonchev–Trinajstić information content (AvgIpc) is 2.85. The minimum Gasteiger partial charge on any atom is -0.454 e. The van der Waals surface area contributed by atoms with E-state index in [-0.39, 0.29) is 6.79 Å². The lowest BCUT2D eigenvalue weighted by molar-refractivity contribution is 0.174. The van der Waals surface area contributed by atoms with Gasteiger partial charge in [0.1, 0.15) is 7.85 Å². The SMILES string of the molecule is [B]c1cccc(C(=C)c2ccc3c(c2)OCO3)c1. The minimum atomic E-state index is 0.281. The molecule has 0 saturated heterocycles. The van der Waals surface area contributed by atoms with E-state index in [9.17, 15) is 0 Å². The van der Waals surface area contributed by atoms with E-state index < -0.39 is 0 Å². The van der Waals surface area contributed by atoms with Crippen LogP contribution in [0.1, 0.15) is 11.1 Å². The van der Waals surface area contributed by atoms with Crippen molar-refractivity contribution in [2.75, 3.05) is 6.79 Å². The Morgan fingerprint density at radius 1 is 1.00 bits per heavy atom. The Morgan fingerprint density at radius 2 is 1.78 bits per heavy atom. The molecule has 0 bridgehead atoms. The van der Waals surface area contributed by atoms with Crippen LogP contribution < -0.4 is 14.9 Å². The summed E-state index contributed by atoms with van der Waals surface area (Å²) in [6, 6.07) is 13.5. The van der Waals surface area contributed by atoms with E-state index in [1.807, 2.05) is 42.5 Å². The molecule has 0 unspecified atom stereocenters. The summed E-state index contributed by atoms with van der Waals surface area (Å²) in [5.41, 5.74) is 3.66. The van der Waals surface area contributed by atoms with Crippen molar-refractivity contribution in [2.24, 2.45) is 0 Å². The third-order valence-corrected chi connectivity index (χ3v) is 2.96. The highest BCUT2D eigenvalue weighted by Gasteiger charge is 2.14. The van der Waals surface area contributed by atoms with Crippen molar-refractivity contribution in [3.63, 3.8) is 0 Å². The van der Waals surface area contributed by atoms with Crippen LogP contribution in [0.3, 0.4) is 0 Å². The summed E-state index contributed by atoms with van der Waals surface area (Å²) in [6.45, 7) is 4.39. The Bertz CT molecular complexity index is 620. The van der Waals surface area contributed by atoms with Gasteiger partial charge in [-0.05, 0) is 28.8 Å². The molecule has 0 spiro atoms. The van der Waals surface area contributed by atoms with E-state index in [2.05, 4.69) is 6.58 Å². The second kappa shape index (κ2) is 4.26. The molecule has 0 amide bonds. The molecule has 0 aromatic heterocycles. The van der Waals surface area contributed by atoms with Gasteiger partial charge in [-0.15, -0.1) is 0 Å². The first-order chi connectivity index (χ1) is 8.74. The van der Waals surface area contributed by atoms with Gasteiger partial charge in [0.15, 0.2) is 11.5 Å². The second-order valence-corrected chi connectivity index (χ2v) is 4.17. The smallest absolute Gasteiger partial charge is 0.231 e. The number of ether oxygens (including phenoxy) is 2. The van der Waals surface area contributed by atoms with E-state index in [0.29, 0.717) is 0 Å². The summed E-state index contributed by atoms with van der Waals surface area (Å²) in [5, 5.41) is 0. The van der Waals surface area contributed by atoms with Crippen LogP contribution in [0.5, 0.6) is 11.5 Å². The van der Waals surface area contributed by atoms with E-state index >= 15 is 0 Å². The predicted octanol–water partition coefficient (Wildman–Crippen LogP) is 2.27. The van der Waals surface area contributed by atoms with E-state index in [0.717, 1.165) is 33.7 Å². The fourth-order valence-electron chi connectivity index (χ4n) is 1.98. The summed E-state index contributed by atoms with van der Waals surface area (Å²) in [7, 11) is 5.78. The largest absolute Gasteiger partial charge is 0.454 e. The third-order valence-electron chi connectivity index (χ3n) is 2.96. The van der Waals surface area contributed by atoms with Crippen LogP contribution in [-0.2, 0) is 0 Å². The van der Waals surface area contributed by atoms with Gasteiger partial charge in [0, 0.05) is 0 Å². The maximum Gasteiger partial charge on any atom is 0.231 e. The van der Waals surface area contributed by atoms with Gasteiger partial charge < -0.3 is 9.47 Å². The number of hydrogen-bond donors (Lipinski definition) is 0. The first-order valence-corrected chi connectivity index (χ1v) is 5.69. The molecule has 1 aliphatic rings. The van der Waals surface area contributed by atoms with Crippen LogP contribution in [0.4, 0.5) is 0 Å². The second-order valence-electron chi connectivity index (χ2n) is 4.17. The van der Waals surface area contributed by atoms with Crippen molar-refractivity contribution in [1.29, 1.82) is 0 Å². The summed E-state index contributed by atoms with van der Waals surface area (Å²) >= 11 is 0. The van der Waals surface area contributed by atoms with Gasteiger partial charge in [-0.25, -0.2) is 0 Å². The molecular formula is C15H11BO2. The molecule has 3 rings (SSSR count). The van der Waals surface area contributed by atoms with Crippen molar-refractivity contribution < 1.29 is 9.47 Å². The number of benzene rings is 2. The summed E-state index contributed by atoms with van der Waals surface area (Å²) in [6.07, 6.45) is 0. The minimum absolute atomic E-state index is 0.281. The van der Waals surface area contributed by atoms with Gasteiger partial charge in [-0.3, -0.25) is 0 Å². The Hall–Kier alpha value is -2.16. The molecule has 0 N–H and O–H groups in total. The molecule has 3 heteroatoms. The molecule has 18 heavy (non-hydrogen) atoms. The number of fused-ring (bicyclic) bond motifs is 1. The Kier molecular flexibility index (Phi) is 2.60. The monoisotopic (exact) mass is 234 g/mol. The third kappa shape index (κ3) is 1.88. The van der Waals surface area contributed by atoms with Gasteiger partial charge in [-0.2, -0.15) is 0 Å². The van der Waals surface area contributed by atoms with Crippen LogP contribution in [-0.4, -0.2) is 14.6 Å². The lowest BCUT2D eigenvalue weighted by Crippen LogP contribution is -2.02. The average molecular weight is 234 g/mol. The molecule has 2 aromatic carbocycles. The van der Waals surface area contributed by atoms with Crippen LogP contribution in [0, 0.1) is 0 Å². The zero-order chi connectivity index (χ0) is 12.5. The molecule has 0 atom stereocenters. The van der Waals surface area contributed by atoms with Gasteiger partial charge in [0.05, 0.1) is 0 Å². The maximum absolute atomic E-state index is 5.78. The predicted molar refractivity (Wildman–Crippen MR) is 72.5 cm³/mol. The molecule has 86 valence electrons. The Balaban J connectivity index is 1.98. The normalized spacial score (nSPS) is 12.4. The zero-order valence-electron chi connectivity index (χ0n) is 9.85. The molecule has 2 aromatic rings. The molecule has 0 aliphatic carbocycles. The molecule has 2 nitrogen and oxygen atoms in total. The van der Waals surface area contributed by atoms with E-state index in [1.165, 1.54) is 0 Å². The Labute approximate surface area is 107 Å². The summed E-state index contributed by atoms with van der Waals surface area (Å²) < 4.78 is 10.6.